The van der Waals surface area contributed by atoms with Crippen molar-refractivity contribution in [3.8, 4) is 6.07 Å². The van der Waals surface area contributed by atoms with Gasteiger partial charge in [0, 0.05) is 0 Å². The fourth-order valence-corrected chi connectivity index (χ4v) is 1.49. The van der Waals surface area contributed by atoms with E-state index in [9.17, 15) is 4.39 Å². The fourth-order valence-electron chi connectivity index (χ4n) is 1.49. The zero-order valence-electron chi connectivity index (χ0n) is 8.89. The number of nitrogen functional groups attached to an aromatic ring is 2. The molecule has 4 N–H and O–H groups in total. The molecule has 0 bridgehead atoms. The molecule has 0 aliphatic carbocycles. The lowest BCUT2D eigenvalue weighted by molar-refractivity contribution is 0.625. The highest BCUT2D eigenvalue weighted by molar-refractivity contribution is 5.61. The lowest BCUT2D eigenvalue weighted by Gasteiger charge is -2.03. The topological polar surface area (TPSA) is 93.6 Å². The lowest BCUT2D eigenvalue weighted by atomic mass is 10.2. The number of hydrogen-bond donors (Lipinski definition) is 2. The first-order valence-corrected chi connectivity index (χ1v) is 4.88. The van der Waals surface area contributed by atoms with Gasteiger partial charge in [-0.1, -0.05) is 12.1 Å². The highest BCUT2D eigenvalue weighted by Gasteiger charge is 2.12. The second-order valence-electron chi connectivity index (χ2n) is 3.54. The van der Waals surface area contributed by atoms with Gasteiger partial charge >= 0.3 is 0 Å². The van der Waals surface area contributed by atoms with Crippen LogP contribution in [0.1, 0.15) is 11.1 Å². The van der Waals surface area contributed by atoms with Crippen LogP contribution in [0.2, 0.25) is 0 Å². The summed E-state index contributed by atoms with van der Waals surface area (Å²) in [5.74, 6) is 0.0147. The van der Waals surface area contributed by atoms with Crippen LogP contribution in [-0.4, -0.2) is 9.78 Å². The van der Waals surface area contributed by atoms with E-state index in [4.69, 9.17) is 16.7 Å². The second kappa shape index (κ2) is 4.14. The van der Waals surface area contributed by atoms with Gasteiger partial charge in [-0.15, -0.1) is 0 Å². The molecule has 0 fully saturated rings. The molecule has 6 heteroatoms. The van der Waals surface area contributed by atoms with Crippen LogP contribution in [0.3, 0.4) is 0 Å². The van der Waals surface area contributed by atoms with E-state index in [2.05, 4.69) is 5.10 Å². The van der Waals surface area contributed by atoms with Crippen molar-refractivity contribution in [3.63, 3.8) is 0 Å². The minimum atomic E-state index is -0.306. The molecule has 0 saturated carbocycles. The third-order valence-corrected chi connectivity index (χ3v) is 2.38. The largest absolute Gasteiger partial charge is 0.383 e. The number of halogens is 1. The van der Waals surface area contributed by atoms with E-state index >= 15 is 0 Å². The number of nitrogens with zero attached hydrogens (tertiary/aromatic N) is 3. The minimum Gasteiger partial charge on any atom is -0.383 e. The molecule has 2 rings (SSSR count). The van der Waals surface area contributed by atoms with Gasteiger partial charge in [0.25, 0.3) is 0 Å². The highest BCUT2D eigenvalue weighted by Crippen LogP contribution is 2.18. The van der Waals surface area contributed by atoms with Gasteiger partial charge < -0.3 is 11.5 Å². The van der Waals surface area contributed by atoms with Crippen LogP contribution in [0, 0.1) is 17.1 Å². The van der Waals surface area contributed by atoms with Crippen LogP contribution in [-0.2, 0) is 6.54 Å². The van der Waals surface area contributed by atoms with Crippen molar-refractivity contribution < 1.29 is 4.39 Å². The fraction of sp³-hybridized carbons (Fsp3) is 0.0909. The zero-order valence-corrected chi connectivity index (χ0v) is 8.89. The van der Waals surface area contributed by atoms with Crippen molar-refractivity contribution in [3.05, 3.63) is 41.2 Å². The van der Waals surface area contributed by atoms with E-state index in [1.807, 2.05) is 6.07 Å². The Bertz CT molecular complexity index is 579. The van der Waals surface area contributed by atoms with Gasteiger partial charge in [0.2, 0.25) is 0 Å². The van der Waals surface area contributed by atoms with Gasteiger partial charge in [0.15, 0.2) is 5.82 Å². The number of aromatic nitrogens is 2. The molecule has 17 heavy (non-hydrogen) atoms. The number of hydrogen-bond acceptors (Lipinski definition) is 4. The Hall–Kier alpha value is -2.55. The smallest absolute Gasteiger partial charge is 0.165 e. The Morgan fingerprint density at radius 2 is 1.94 bits per heavy atom. The maximum absolute atomic E-state index is 12.7. The maximum atomic E-state index is 12.7. The minimum absolute atomic E-state index is 0.104. The first-order chi connectivity index (χ1) is 8.11. The van der Waals surface area contributed by atoms with Gasteiger partial charge in [0.05, 0.1) is 6.54 Å². The van der Waals surface area contributed by atoms with E-state index in [1.54, 1.807) is 12.1 Å². The van der Waals surface area contributed by atoms with Crippen molar-refractivity contribution in [1.29, 1.82) is 5.26 Å². The number of nitrogens with two attached hydrogens (primary N) is 2. The molecule has 0 saturated heterocycles. The van der Waals surface area contributed by atoms with Crippen LogP contribution in [0.5, 0.6) is 0 Å². The Balaban J connectivity index is 2.31. The van der Waals surface area contributed by atoms with E-state index in [-0.39, 0.29) is 23.0 Å². The van der Waals surface area contributed by atoms with Gasteiger partial charge in [-0.25, -0.2) is 9.07 Å². The molecule has 0 aliphatic rings. The predicted octanol–water partition coefficient (Wildman–Crippen LogP) is 1.11. The molecule has 0 unspecified atom stereocenters. The summed E-state index contributed by atoms with van der Waals surface area (Å²) in [6.45, 7) is 0.345. The van der Waals surface area contributed by atoms with Crippen molar-refractivity contribution >= 4 is 11.6 Å². The first kappa shape index (κ1) is 11.0. The number of benzene rings is 1. The van der Waals surface area contributed by atoms with Crippen LogP contribution in [0.4, 0.5) is 16.0 Å². The molecule has 0 atom stereocenters. The van der Waals surface area contributed by atoms with Gasteiger partial charge in [-0.2, -0.15) is 10.4 Å². The van der Waals surface area contributed by atoms with E-state index in [0.29, 0.717) is 6.54 Å². The predicted molar refractivity (Wildman–Crippen MR) is 61.3 cm³/mol. The number of anilines is 2. The maximum Gasteiger partial charge on any atom is 0.165 e. The second-order valence-corrected chi connectivity index (χ2v) is 3.54. The zero-order chi connectivity index (χ0) is 12.4. The average molecular weight is 231 g/mol. The quantitative estimate of drug-likeness (QED) is 0.809. The average Bonchev–Trinajstić information content (AvgIpc) is 2.57. The Kier molecular flexibility index (Phi) is 2.66. The van der Waals surface area contributed by atoms with Crippen molar-refractivity contribution in [1.82, 2.24) is 9.78 Å². The van der Waals surface area contributed by atoms with Crippen LogP contribution < -0.4 is 11.5 Å². The summed E-state index contributed by atoms with van der Waals surface area (Å²) in [7, 11) is 0. The molecule has 86 valence electrons. The SMILES string of the molecule is N#Cc1c(N)nn(Cc2ccc(F)cc2)c1N. The van der Waals surface area contributed by atoms with E-state index in [0.717, 1.165) is 5.56 Å². The first-order valence-electron chi connectivity index (χ1n) is 4.88. The lowest BCUT2D eigenvalue weighted by Crippen LogP contribution is -2.06. The van der Waals surface area contributed by atoms with Gasteiger partial charge in [-0.05, 0) is 17.7 Å². The van der Waals surface area contributed by atoms with Crippen LogP contribution in [0.25, 0.3) is 0 Å². The van der Waals surface area contributed by atoms with Crippen molar-refractivity contribution in [2.24, 2.45) is 0 Å². The van der Waals surface area contributed by atoms with Crippen molar-refractivity contribution in [2.45, 2.75) is 6.54 Å². The molecule has 0 spiro atoms. The summed E-state index contributed by atoms with van der Waals surface area (Å²) < 4.78 is 14.1. The molecule has 2 aromatic rings. The Morgan fingerprint density at radius 3 is 2.47 bits per heavy atom. The molecule has 5 nitrogen and oxygen atoms in total. The van der Waals surface area contributed by atoms with E-state index < -0.39 is 0 Å². The summed E-state index contributed by atoms with van der Waals surface area (Å²) in [6, 6.07) is 7.83. The molecule has 0 radical (unpaired) electrons. The van der Waals surface area contributed by atoms with Crippen LogP contribution >= 0.6 is 0 Å². The monoisotopic (exact) mass is 231 g/mol. The standard InChI is InChI=1S/C11H10FN5/c12-8-3-1-7(2-4-8)6-17-11(15)9(5-13)10(14)16-17/h1-4H,6,15H2,(H2,14,16). The molecule has 0 amide bonds. The van der Waals surface area contributed by atoms with E-state index in [1.165, 1.54) is 16.8 Å². The number of nitriles is 1. The third-order valence-electron chi connectivity index (χ3n) is 2.38. The summed E-state index contributed by atoms with van der Waals surface area (Å²) in [5, 5.41) is 12.8. The summed E-state index contributed by atoms with van der Waals surface area (Å²) >= 11 is 0. The van der Waals surface area contributed by atoms with Crippen LogP contribution in [0.15, 0.2) is 24.3 Å². The van der Waals surface area contributed by atoms with Gasteiger partial charge in [-0.3, -0.25) is 0 Å². The van der Waals surface area contributed by atoms with Gasteiger partial charge in [0.1, 0.15) is 23.3 Å². The molecule has 0 aliphatic heterocycles. The Labute approximate surface area is 97.1 Å². The highest BCUT2D eigenvalue weighted by atomic mass is 19.1. The molecular weight excluding hydrogens is 221 g/mol. The Morgan fingerprint density at radius 1 is 1.29 bits per heavy atom. The normalized spacial score (nSPS) is 10.1. The molecule has 1 aromatic carbocycles. The summed E-state index contributed by atoms with van der Waals surface area (Å²) in [4.78, 5) is 0. The molecular formula is C11H10FN5. The molecule has 1 heterocycles. The van der Waals surface area contributed by atoms with Crippen molar-refractivity contribution in [2.75, 3.05) is 11.5 Å². The number of rotatable bonds is 2. The molecule has 1 aromatic heterocycles. The summed E-state index contributed by atoms with van der Waals surface area (Å²) in [5.41, 5.74) is 12.2. The summed E-state index contributed by atoms with van der Waals surface area (Å²) in [6.07, 6.45) is 0. The third kappa shape index (κ3) is 2.03.